The van der Waals surface area contributed by atoms with Gasteiger partial charge in [0.1, 0.15) is 6.04 Å². The van der Waals surface area contributed by atoms with E-state index in [2.05, 4.69) is 9.78 Å². The highest BCUT2D eigenvalue weighted by Crippen LogP contribution is 2.25. The van der Waals surface area contributed by atoms with Crippen LogP contribution in [0.5, 0.6) is 0 Å². The van der Waals surface area contributed by atoms with E-state index in [1.807, 2.05) is 0 Å². The average Bonchev–Trinajstić information content (AvgIpc) is 3.28. The molecule has 0 fully saturated rings. The molecule has 2 heterocycles. The van der Waals surface area contributed by atoms with Crippen LogP contribution in [0.4, 0.5) is 0 Å². The smallest absolute Gasteiger partial charge is 0.301 e. The Morgan fingerprint density at radius 2 is 1.20 bits per heavy atom. The summed E-state index contributed by atoms with van der Waals surface area (Å²) in [5, 5.41) is 16.3. The molecular weight excluding hydrogens is 464 g/mol. The molecule has 1 atom stereocenters. The molecule has 0 saturated heterocycles. The van der Waals surface area contributed by atoms with E-state index >= 15 is 0 Å². The van der Waals surface area contributed by atoms with Gasteiger partial charge in [-0.3, -0.25) is 33.9 Å². The van der Waals surface area contributed by atoms with Crippen LogP contribution in [0.2, 0.25) is 0 Å². The molecule has 4 amide bonds. The molecule has 4 rings (SSSR count). The maximum absolute atomic E-state index is 11.9. The second kappa shape index (κ2) is 10.7. The topological polar surface area (TPSA) is 168 Å². The van der Waals surface area contributed by atoms with Gasteiger partial charge in [-0.1, -0.05) is 24.3 Å². The second-order valence-corrected chi connectivity index (χ2v) is 7.49. The molecule has 2 aliphatic rings. The highest BCUT2D eigenvalue weighted by atomic mass is 17.1. The van der Waals surface area contributed by atoms with Crippen molar-refractivity contribution in [3.8, 4) is 0 Å². The predicted molar refractivity (Wildman–Crippen MR) is 115 cm³/mol. The minimum absolute atomic E-state index is 0.0517. The number of hydrogen-bond acceptors (Lipinski definition) is 10. The molecule has 0 spiro atoms. The lowest BCUT2D eigenvalue weighted by Crippen LogP contribution is -2.43. The normalized spacial score (nSPS) is 14.7. The first-order valence-corrected chi connectivity index (χ1v) is 10.3. The van der Waals surface area contributed by atoms with Gasteiger partial charge in [0.05, 0.1) is 28.7 Å². The average molecular weight is 484 g/mol. The lowest BCUT2D eigenvalue weighted by molar-refractivity contribution is -0.237. The van der Waals surface area contributed by atoms with Crippen molar-refractivity contribution >= 4 is 35.6 Å². The second-order valence-electron chi connectivity index (χ2n) is 7.49. The lowest BCUT2D eigenvalue weighted by Gasteiger charge is -2.18. The molecule has 182 valence electrons. The predicted octanol–water partition coefficient (Wildman–Crippen LogP) is 1.77. The monoisotopic (exact) mass is 484 g/mol. The molecule has 0 aromatic heterocycles. The van der Waals surface area contributed by atoms with Crippen LogP contribution in [0.15, 0.2) is 48.5 Å². The first kappa shape index (κ1) is 25.2. The summed E-state index contributed by atoms with van der Waals surface area (Å²) in [4.78, 5) is 78.3. The van der Waals surface area contributed by atoms with Crippen molar-refractivity contribution in [3.05, 3.63) is 70.8 Å². The van der Waals surface area contributed by atoms with E-state index < -0.39 is 29.8 Å². The molecular formula is C23H20N2O10. The largest absolute Gasteiger partial charge is 0.364 e. The zero-order chi connectivity index (χ0) is 25.7. The molecule has 2 aromatic carbocycles. The molecule has 0 bridgehead atoms. The van der Waals surface area contributed by atoms with Gasteiger partial charge in [-0.25, -0.2) is 9.59 Å². The third-order valence-corrected chi connectivity index (χ3v) is 5.39. The van der Waals surface area contributed by atoms with Gasteiger partial charge in [0.25, 0.3) is 23.6 Å². The lowest BCUT2D eigenvalue weighted by atomic mass is 10.1. The van der Waals surface area contributed by atoms with Gasteiger partial charge >= 0.3 is 11.9 Å². The van der Waals surface area contributed by atoms with Crippen LogP contribution >= 0.6 is 0 Å². The fourth-order valence-electron chi connectivity index (χ4n) is 3.61. The van der Waals surface area contributed by atoms with E-state index in [0.29, 0.717) is 11.1 Å². The summed E-state index contributed by atoms with van der Waals surface area (Å²) in [5.41, 5.74) is 1.25. The van der Waals surface area contributed by atoms with Crippen molar-refractivity contribution in [1.29, 1.82) is 0 Å². The van der Waals surface area contributed by atoms with Crippen LogP contribution in [-0.2, 0) is 19.4 Å². The van der Waals surface area contributed by atoms with Crippen LogP contribution in [0.3, 0.4) is 0 Å². The molecule has 1 unspecified atom stereocenters. The molecule has 0 saturated carbocycles. The summed E-state index contributed by atoms with van der Waals surface area (Å²) in [6, 6.07) is 11.7. The molecule has 35 heavy (non-hydrogen) atoms. The Morgan fingerprint density at radius 3 is 1.60 bits per heavy atom. The van der Waals surface area contributed by atoms with Crippen LogP contribution in [-0.4, -0.2) is 68.5 Å². The van der Waals surface area contributed by atoms with Crippen molar-refractivity contribution in [2.45, 2.75) is 25.8 Å². The number of hydrogen-bond donors (Lipinski definition) is 2. The maximum atomic E-state index is 11.9. The Kier molecular flexibility index (Phi) is 7.69. The maximum Gasteiger partial charge on any atom is 0.364 e. The molecule has 12 nitrogen and oxygen atoms in total. The highest BCUT2D eigenvalue weighted by molar-refractivity contribution is 6.23. The van der Waals surface area contributed by atoms with Gasteiger partial charge in [-0.15, -0.1) is 0 Å². The van der Waals surface area contributed by atoms with Crippen LogP contribution in [0.1, 0.15) is 61.2 Å². The van der Waals surface area contributed by atoms with Crippen molar-refractivity contribution < 1.29 is 49.1 Å². The van der Waals surface area contributed by atoms with E-state index in [4.69, 9.17) is 10.5 Å². The number of imide groups is 2. The van der Waals surface area contributed by atoms with E-state index in [0.717, 1.165) is 9.80 Å². The van der Waals surface area contributed by atoms with Gasteiger partial charge in [0, 0.05) is 6.54 Å². The quantitative estimate of drug-likeness (QED) is 0.350. The Balaban J connectivity index is 0.000000196. The van der Waals surface area contributed by atoms with Gasteiger partial charge in [0.15, 0.2) is 0 Å². The fourth-order valence-corrected chi connectivity index (χ4v) is 3.61. The van der Waals surface area contributed by atoms with Crippen LogP contribution < -0.4 is 0 Å². The van der Waals surface area contributed by atoms with Crippen LogP contribution in [0.25, 0.3) is 0 Å². The van der Waals surface area contributed by atoms with Gasteiger partial charge in [-0.2, -0.15) is 10.5 Å². The Bertz CT molecular complexity index is 1140. The van der Waals surface area contributed by atoms with Gasteiger partial charge in [0.2, 0.25) is 0 Å². The van der Waals surface area contributed by atoms with Crippen molar-refractivity contribution in [1.82, 2.24) is 9.80 Å². The number of nitrogens with zero attached hydrogens (tertiary/aromatic N) is 2. The van der Waals surface area contributed by atoms with E-state index in [1.165, 1.54) is 19.1 Å². The standard InChI is InChI=1S/C12H11NO5.C11H9NO5/c14-10(18-17)6-3-7-13-11(15)8-4-1-2-5-9(8)12(13)16;1-6(11(15)17-16)12-9(13)7-4-2-3-5-8(7)10(12)14/h1-2,4-5,17H,3,6-7H2;2-6,16H,1H3. The van der Waals surface area contributed by atoms with Crippen molar-refractivity contribution in [3.63, 3.8) is 0 Å². The Hall–Kier alpha value is -4.42. The first-order valence-electron chi connectivity index (χ1n) is 10.3. The Morgan fingerprint density at radius 1 is 0.771 bits per heavy atom. The molecule has 0 radical (unpaired) electrons. The molecule has 0 aliphatic carbocycles. The highest BCUT2D eigenvalue weighted by Gasteiger charge is 2.41. The summed E-state index contributed by atoms with van der Waals surface area (Å²) in [6.07, 6.45) is 0.203. The van der Waals surface area contributed by atoms with Gasteiger partial charge < -0.3 is 4.89 Å². The van der Waals surface area contributed by atoms with Gasteiger partial charge in [-0.05, 0) is 37.6 Å². The Labute approximate surface area is 198 Å². The van der Waals surface area contributed by atoms with E-state index in [9.17, 15) is 28.8 Å². The third kappa shape index (κ3) is 4.93. The number of benzene rings is 2. The summed E-state index contributed by atoms with van der Waals surface area (Å²) in [5.74, 6) is -3.68. The number of fused-ring (bicyclic) bond motifs is 2. The molecule has 12 heteroatoms. The first-order chi connectivity index (χ1) is 16.7. The third-order valence-electron chi connectivity index (χ3n) is 5.39. The van der Waals surface area contributed by atoms with Crippen molar-refractivity contribution in [2.24, 2.45) is 0 Å². The van der Waals surface area contributed by atoms with E-state index in [1.54, 1.807) is 36.4 Å². The molecule has 2 aromatic rings. The zero-order valence-corrected chi connectivity index (χ0v) is 18.4. The number of amides is 4. The summed E-state index contributed by atoms with van der Waals surface area (Å²) >= 11 is 0. The SMILES string of the molecule is CC(C(=O)OO)N1C(=O)c2ccccc2C1=O.O=C(CCCN1C(=O)c2ccccc2C1=O)OO. The zero-order valence-electron chi connectivity index (χ0n) is 18.4. The summed E-state index contributed by atoms with van der Waals surface area (Å²) in [6.45, 7) is 1.43. The molecule has 2 aliphatic heterocycles. The number of rotatable bonds is 6. The number of carbonyl (C=O) groups is 6. The molecule has 2 N–H and O–H groups in total. The fraction of sp³-hybridized carbons (Fsp3) is 0.217. The van der Waals surface area contributed by atoms with Crippen molar-refractivity contribution in [2.75, 3.05) is 6.54 Å². The van der Waals surface area contributed by atoms with Crippen LogP contribution in [0, 0.1) is 0 Å². The van der Waals surface area contributed by atoms with E-state index in [-0.39, 0.29) is 42.3 Å². The number of carbonyl (C=O) groups excluding carboxylic acids is 6. The minimum atomic E-state index is -1.16. The summed E-state index contributed by atoms with van der Waals surface area (Å²) < 4.78 is 0. The minimum Gasteiger partial charge on any atom is -0.301 e. The summed E-state index contributed by atoms with van der Waals surface area (Å²) in [7, 11) is 0.